The predicted molar refractivity (Wildman–Crippen MR) is 151 cm³/mol. The maximum absolute atomic E-state index is 14.1. The van der Waals surface area contributed by atoms with Crippen LogP contribution in [0.3, 0.4) is 0 Å². The number of benzene rings is 2. The Morgan fingerprint density at radius 2 is 1.62 bits per heavy atom. The van der Waals surface area contributed by atoms with Gasteiger partial charge in [-0.25, -0.2) is 9.97 Å². The van der Waals surface area contributed by atoms with E-state index in [-0.39, 0.29) is 24.4 Å². The van der Waals surface area contributed by atoms with Gasteiger partial charge in [0, 0.05) is 29.7 Å². The van der Waals surface area contributed by atoms with Crippen LogP contribution in [0.5, 0.6) is 11.5 Å². The summed E-state index contributed by atoms with van der Waals surface area (Å²) in [5.74, 6) is 1.12. The predicted octanol–water partition coefficient (Wildman–Crippen LogP) is 5.59. The average molecular weight is 547 g/mol. The number of fused-ring (bicyclic) bond motifs is 1. The Kier molecular flexibility index (Phi) is 8.07. The number of anilines is 1. The van der Waals surface area contributed by atoms with Gasteiger partial charge >= 0.3 is 0 Å². The zero-order chi connectivity index (χ0) is 27.4. The lowest BCUT2D eigenvalue weighted by molar-refractivity contribution is -0.146. The van der Waals surface area contributed by atoms with E-state index in [1.54, 1.807) is 23.1 Å². The van der Waals surface area contributed by atoms with Crippen LogP contribution in [0.4, 0.5) is 5.69 Å². The highest BCUT2D eigenvalue weighted by molar-refractivity contribution is 7.99. The Balaban J connectivity index is 1.44. The van der Waals surface area contributed by atoms with Gasteiger partial charge < -0.3 is 19.7 Å². The summed E-state index contributed by atoms with van der Waals surface area (Å²) >= 11 is 1.31. The van der Waals surface area contributed by atoms with Crippen molar-refractivity contribution in [3.05, 3.63) is 71.0 Å². The van der Waals surface area contributed by atoms with Crippen LogP contribution in [-0.2, 0) is 16.1 Å². The second kappa shape index (κ2) is 11.7. The minimum absolute atomic E-state index is 0.105. The Bertz CT molecular complexity index is 1340. The molecule has 5 rings (SSSR count). The van der Waals surface area contributed by atoms with Crippen molar-refractivity contribution in [3.8, 4) is 11.5 Å². The van der Waals surface area contributed by atoms with E-state index in [9.17, 15) is 9.59 Å². The topological polar surface area (TPSA) is 93.7 Å². The molecule has 2 aromatic carbocycles. The quantitative estimate of drug-likeness (QED) is 0.291. The van der Waals surface area contributed by atoms with Gasteiger partial charge in [0.25, 0.3) is 0 Å². The molecular weight excluding hydrogens is 512 g/mol. The molecule has 1 saturated carbocycles. The summed E-state index contributed by atoms with van der Waals surface area (Å²) in [7, 11) is 0. The summed E-state index contributed by atoms with van der Waals surface area (Å²) in [6.07, 6.45) is 3.99. The van der Waals surface area contributed by atoms with E-state index in [4.69, 9.17) is 9.47 Å². The number of nitrogens with zero attached hydrogens (tertiary/aromatic N) is 3. The van der Waals surface area contributed by atoms with Gasteiger partial charge in [0.2, 0.25) is 18.6 Å². The molecule has 0 bridgehead atoms. The summed E-state index contributed by atoms with van der Waals surface area (Å²) in [5, 5.41) is 3.67. The second-order valence-electron chi connectivity index (χ2n) is 10.3. The minimum Gasteiger partial charge on any atom is -0.454 e. The van der Waals surface area contributed by atoms with Crippen LogP contribution in [0.2, 0.25) is 0 Å². The summed E-state index contributed by atoms with van der Waals surface area (Å²) in [5.41, 5.74) is 3.51. The van der Waals surface area contributed by atoms with Gasteiger partial charge in [-0.1, -0.05) is 60.9 Å². The molecule has 2 amide bonds. The lowest BCUT2D eigenvalue weighted by Gasteiger charge is -2.45. The number of carbonyl (C=O) groups excluding carboxylic acids is 2. The molecular formula is C30H34N4O4S. The Labute approximate surface area is 233 Å². The van der Waals surface area contributed by atoms with Gasteiger partial charge in [-0.2, -0.15) is 0 Å². The number of aryl methyl sites for hydroxylation is 3. The summed E-state index contributed by atoms with van der Waals surface area (Å²) < 4.78 is 10.9. The van der Waals surface area contributed by atoms with E-state index in [0.29, 0.717) is 41.7 Å². The molecule has 204 valence electrons. The first-order chi connectivity index (χ1) is 18.8. The van der Waals surface area contributed by atoms with Gasteiger partial charge in [-0.05, 0) is 57.4 Å². The van der Waals surface area contributed by atoms with Crippen LogP contribution in [0, 0.1) is 20.8 Å². The molecule has 1 aliphatic carbocycles. The number of nitrogens with one attached hydrogen (secondary N) is 1. The van der Waals surface area contributed by atoms with Gasteiger partial charge in [-0.3, -0.25) is 9.59 Å². The molecule has 0 atom stereocenters. The molecule has 2 heterocycles. The first kappa shape index (κ1) is 27.0. The fourth-order valence-electron chi connectivity index (χ4n) is 5.29. The number of hydrogen-bond donors (Lipinski definition) is 1. The maximum atomic E-state index is 14.1. The molecule has 0 saturated heterocycles. The van der Waals surface area contributed by atoms with Crippen LogP contribution in [0.15, 0.2) is 53.7 Å². The van der Waals surface area contributed by atoms with Crippen molar-refractivity contribution >= 4 is 29.3 Å². The Hall–Kier alpha value is -3.59. The molecule has 1 N–H and O–H groups in total. The van der Waals surface area contributed by atoms with Crippen LogP contribution in [0.1, 0.15) is 54.6 Å². The van der Waals surface area contributed by atoms with Crippen LogP contribution >= 0.6 is 11.8 Å². The summed E-state index contributed by atoms with van der Waals surface area (Å²) in [4.78, 5) is 38.9. The third-order valence-corrected chi connectivity index (χ3v) is 8.13. The molecule has 1 aromatic heterocycles. The van der Waals surface area contributed by atoms with E-state index in [1.165, 1.54) is 11.8 Å². The maximum Gasteiger partial charge on any atom is 0.250 e. The Morgan fingerprint density at radius 1 is 0.923 bits per heavy atom. The standard InChI is InChI=1S/C30H34N4O4S/c1-20-7-9-23(10-8-20)17-34(27(35)18-39-29-31-21(2)15-22(3)32-29)30(13-5-4-6-14-30)28(36)33-24-11-12-25-26(16-24)38-19-37-25/h7-12,15-16H,4-6,13-14,17-19H2,1-3H3,(H,33,36). The minimum atomic E-state index is -0.972. The van der Waals surface area contributed by atoms with E-state index in [0.717, 1.165) is 41.8 Å². The average Bonchev–Trinajstić information content (AvgIpc) is 3.39. The fraction of sp³-hybridized carbons (Fsp3) is 0.400. The highest BCUT2D eigenvalue weighted by atomic mass is 32.2. The highest BCUT2D eigenvalue weighted by Gasteiger charge is 2.47. The smallest absolute Gasteiger partial charge is 0.250 e. The highest BCUT2D eigenvalue weighted by Crippen LogP contribution is 2.39. The van der Waals surface area contributed by atoms with Gasteiger partial charge in [0.15, 0.2) is 16.7 Å². The van der Waals surface area contributed by atoms with Crippen molar-refractivity contribution in [2.45, 2.75) is 70.1 Å². The van der Waals surface area contributed by atoms with Crippen LogP contribution in [0.25, 0.3) is 0 Å². The van der Waals surface area contributed by atoms with Crippen molar-refractivity contribution in [1.29, 1.82) is 0 Å². The Morgan fingerprint density at radius 3 is 2.33 bits per heavy atom. The summed E-state index contributed by atoms with van der Waals surface area (Å²) in [6, 6.07) is 15.4. The third kappa shape index (κ3) is 6.19. The van der Waals surface area contributed by atoms with E-state index < -0.39 is 5.54 Å². The fourth-order valence-corrected chi connectivity index (χ4v) is 6.12. The molecule has 2 aliphatic rings. The normalized spacial score (nSPS) is 15.6. The van der Waals surface area contributed by atoms with E-state index in [2.05, 4.69) is 15.3 Å². The number of ether oxygens (including phenoxy) is 2. The number of hydrogen-bond acceptors (Lipinski definition) is 7. The van der Waals surface area contributed by atoms with Gasteiger partial charge in [-0.15, -0.1) is 0 Å². The monoisotopic (exact) mass is 546 g/mol. The first-order valence-electron chi connectivity index (χ1n) is 13.3. The third-order valence-electron chi connectivity index (χ3n) is 7.30. The number of rotatable bonds is 8. The van der Waals surface area contributed by atoms with Crippen molar-refractivity contribution in [2.24, 2.45) is 0 Å². The number of thioether (sulfide) groups is 1. The van der Waals surface area contributed by atoms with Crippen LogP contribution < -0.4 is 14.8 Å². The molecule has 0 radical (unpaired) electrons. The number of carbonyl (C=O) groups is 2. The molecule has 3 aromatic rings. The first-order valence-corrected chi connectivity index (χ1v) is 14.3. The van der Waals surface area contributed by atoms with Gasteiger partial charge in [0.05, 0.1) is 5.75 Å². The molecule has 1 aliphatic heterocycles. The lowest BCUT2D eigenvalue weighted by Crippen LogP contribution is -2.60. The zero-order valence-electron chi connectivity index (χ0n) is 22.7. The second-order valence-corrected chi connectivity index (χ2v) is 11.2. The molecule has 0 unspecified atom stereocenters. The summed E-state index contributed by atoms with van der Waals surface area (Å²) in [6.45, 7) is 6.39. The molecule has 1 fully saturated rings. The van der Waals surface area contributed by atoms with E-state index >= 15 is 0 Å². The van der Waals surface area contributed by atoms with Crippen molar-refractivity contribution in [2.75, 3.05) is 17.9 Å². The molecule has 9 heteroatoms. The molecule has 0 spiro atoms. The zero-order valence-corrected chi connectivity index (χ0v) is 23.5. The SMILES string of the molecule is Cc1ccc(CN(C(=O)CSc2nc(C)cc(C)n2)C2(C(=O)Nc3ccc4c(c3)OCO4)CCCCC2)cc1. The number of aromatic nitrogens is 2. The van der Waals surface area contributed by atoms with Crippen molar-refractivity contribution in [3.63, 3.8) is 0 Å². The lowest BCUT2D eigenvalue weighted by atomic mass is 9.79. The van der Waals surface area contributed by atoms with E-state index in [1.807, 2.05) is 51.1 Å². The van der Waals surface area contributed by atoms with Crippen molar-refractivity contribution in [1.82, 2.24) is 14.9 Å². The largest absolute Gasteiger partial charge is 0.454 e. The van der Waals surface area contributed by atoms with Crippen molar-refractivity contribution < 1.29 is 19.1 Å². The molecule has 8 nitrogen and oxygen atoms in total. The molecule has 39 heavy (non-hydrogen) atoms. The van der Waals surface area contributed by atoms with Crippen LogP contribution in [-0.4, -0.2) is 44.8 Å². The van der Waals surface area contributed by atoms with Gasteiger partial charge in [0.1, 0.15) is 5.54 Å². The number of amides is 2.